The predicted molar refractivity (Wildman–Crippen MR) is 134 cm³/mol. The first-order valence-electron chi connectivity index (χ1n) is 13.6. The molecule has 0 heterocycles. The van der Waals surface area contributed by atoms with Gasteiger partial charge >= 0.3 is 0 Å². The van der Waals surface area contributed by atoms with Gasteiger partial charge in [-0.05, 0) is 110 Å². The van der Waals surface area contributed by atoms with Crippen molar-refractivity contribution in [3.63, 3.8) is 0 Å². The summed E-state index contributed by atoms with van der Waals surface area (Å²) in [6, 6.07) is 2.30. The highest BCUT2D eigenvalue weighted by molar-refractivity contribution is 6.04. The van der Waals surface area contributed by atoms with Gasteiger partial charge in [-0.25, -0.2) is 0 Å². The molecule has 0 saturated heterocycles. The van der Waals surface area contributed by atoms with Crippen LogP contribution in [-0.2, 0) is 4.79 Å². The number of nitrogens with zero attached hydrogens (tertiary/aromatic N) is 1. The summed E-state index contributed by atoms with van der Waals surface area (Å²) in [5.41, 5.74) is 2.35. The molecule has 4 saturated carbocycles. The van der Waals surface area contributed by atoms with Gasteiger partial charge in [0.25, 0.3) is 0 Å². The van der Waals surface area contributed by atoms with Crippen molar-refractivity contribution in [1.82, 2.24) is 0 Å². The van der Waals surface area contributed by atoms with Gasteiger partial charge in [0.1, 0.15) is 6.07 Å². The molecule has 5 aliphatic rings. The average molecular weight is 448 g/mol. The van der Waals surface area contributed by atoms with Gasteiger partial charge in [0.2, 0.25) is 0 Å². The lowest BCUT2D eigenvalue weighted by atomic mass is 9.33. The summed E-state index contributed by atoms with van der Waals surface area (Å²) in [6.45, 7) is 21.2. The molecule has 0 aromatic carbocycles. The van der Waals surface area contributed by atoms with Gasteiger partial charge in [0.15, 0.2) is 5.78 Å². The molecule has 2 heteroatoms. The summed E-state index contributed by atoms with van der Waals surface area (Å²) in [5, 5.41) is 9.86. The number of hydrogen-bond donors (Lipinski definition) is 0. The molecule has 180 valence electrons. The van der Waals surface area contributed by atoms with Gasteiger partial charge in [-0.2, -0.15) is 5.26 Å². The van der Waals surface area contributed by atoms with Crippen molar-refractivity contribution < 1.29 is 4.79 Å². The van der Waals surface area contributed by atoms with Crippen LogP contribution < -0.4 is 0 Å². The molecule has 0 bridgehead atoms. The Kier molecular flexibility index (Phi) is 4.86. The van der Waals surface area contributed by atoms with Crippen molar-refractivity contribution in [3.8, 4) is 6.07 Å². The van der Waals surface area contributed by atoms with Crippen molar-refractivity contribution in [2.45, 2.75) is 99.8 Å². The monoisotopic (exact) mass is 447 g/mol. The number of allylic oxidation sites excluding steroid dienone is 3. The molecule has 0 N–H and O–H groups in total. The predicted octanol–water partition coefficient (Wildman–Crippen LogP) is 7.90. The van der Waals surface area contributed by atoms with Gasteiger partial charge < -0.3 is 0 Å². The van der Waals surface area contributed by atoms with E-state index in [1.54, 1.807) is 0 Å². The fraction of sp³-hybridized carbons (Fsp3) is 0.806. The fourth-order valence-corrected chi connectivity index (χ4v) is 11.1. The second kappa shape index (κ2) is 6.86. The van der Waals surface area contributed by atoms with Gasteiger partial charge in [0.05, 0.1) is 5.57 Å². The summed E-state index contributed by atoms with van der Waals surface area (Å²) in [6.07, 6.45) is 12.4. The maximum absolute atomic E-state index is 13.2. The molecule has 0 radical (unpaired) electrons. The highest BCUT2D eigenvalue weighted by Gasteiger charge is 2.70. The Balaban J connectivity index is 1.60. The molecule has 9 unspecified atom stereocenters. The second-order valence-corrected chi connectivity index (χ2v) is 14.4. The van der Waals surface area contributed by atoms with Crippen LogP contribution in [0.5, 0.6) is 0 Å². The Morgan fingerprint density at radius 3 is 2.27 bits per heavy atom. The quantitative estimate of drug-likeness (QED) is 0.383. The molecule has 0 aliphatic heterocycles. The number of hydrogen-bond acceptors (Lipinski definition) is 2. The molecule has 33 heavy (non-hydrogen) atoms. The molecular weight excluding hydrogens is 402 g/mol. The van der Waals surface area contributed by atoms with E-state index >= 15 is 0 Å². The van der Waals surface area contributed by atoms with Crippen molar-refractivity contribution in [2.24, 2.45) is 56.7 Å². The molecule has 5 aliphatic carbocycles. The normalized spacial score (nSPS) is 52.5. The largest absolute Gasteiger partial charge is 0.293 e. The Hall–Kier alpha value is -1.36. The lowest BCUT2D eigenvalue weighted by Crippen LogP contribution is -2.65. The van der Waals surface area contributed by atoms with Crippen LogP contribution in [0.25, 0.3) is 0 Å². The minimum Gasteiger partial charge on any atom is -0.293 e. The van der Waals surface area contributed by atoms with Crippen LogP contribution in [-0.4, -0.2) is 5.78 Å². The van der Waals surface area contributed by atoms with E-state index in [4.69, 9.17) is 0 Å². The summed E-state index contributed by atoms with van der Waals surface area (Å²) in [7, 11) is 0. The third-order valence-electron chi connectivity index (χ3n) is 12.9. The number of nitriles is 1. The SMILES string of the molecule is C=C(C)C1CCC2(C)CCC3(C)C(CCC4C5(C)C=C(C#N)C(=O)C(C)(C)C5CCC43C)C12. The number of carbonyl (C=O) groups excluding carboxylic acids is 1. The van der Waals surface area contributed by atoms with E-state index < -0.39 is 5.41 Å². The zero-order valence-electron chi connectivity index (χ0n) is 22.2. The molecule has 0 aromatic heterocycles. The van der Waals surface area contributed by atoms with Crippen LogP contribution in [0.1, 0.15) is 99.8 Å². The fourth-order valence-electron chi connectivity index (χ4n) is 11.1. The Labute approximate surface area is 202 Å². The first-order chi connectivity index (χ1) is 15.3. The lowest BCUT2D eigenvalue weighted by Gasteiger charge is -2.71. The summed E-state index contributed by atoms with van der Waals surface area (Å²) in [5.74, 6) is 3.15. The topological polar surface area (TPSA) is 40.9 Å². The Morgan fingerprint density at radius 1 is 0.939 bits per heavy atom. The van der Waals surface area contributed by atoms with Crippen LogP contribution in [0.2, 0.25) is 0 Å². The van der Waals surface area contributed by atoms with Crippen molar-refractivity contribution in [3.05, 3.63) is 23.8 Å². The highest BCUT2D eigenvalue weighted by Crippen LogP contribution is 2.76. The molecule has 2 nitrogen and oxygen atoms in total. The molecule has 9 atom stereocenters. The smallest absolute Gasteiger partial charge is 0.178 e. The average Bonchev–Trinajstić information content (AvgIpc) is 3.09. The summed E-state index contributed by atoms with van der Waals surface area (Å²) < 4.78 is 0. The third-order valence-corrected chi connectivity index (χ3v) is 12.9. The summed E-state index contributed by atoms with van der Waals surface area (Å²) >= 11 is 0. The first-order valence-corrected chi connectivity index (χ1v) is 13.6. The number of Topliss-reactive ketones (excluding diaryl/α,β-unsaturated/α-hetero) is 1. The van der Waals surface area contributed by atoms with E-state index in [-0.39, 0.29) is 16.6 Å². The molecule has 4 fully saturated rings. The number of rotatable bonds is 1. The van der Waals surface area contributed by atoms with Crippen LogP contribution in [0.15, 0.2) is 23.8 Å². The lowest BCUT2D eigenvalue weighted by molar-refractivity contribution is -0.216. The Morgan fingerprint density at radius 2 is 1.64 bits per heavy atom. The minimum atomic E-state index is -0.449. The van der Waals surface area contributed by atoms with E-state index in [1.807, 2.05) is 0 Å². The van der Waals surface area contributed by atoms with Crippen molar-refractivity contribution in [1.29, 1.82) is 5.26 Å². The van der Waals surface area contributed by atoms with E-state index in [2.05, 4.69) is 67.2 Å². The van der Waals surface area contributed by atoms with Crippen molar-refractivity contribution >= 4 is 5.78 Å². The number of ketones is 1. The number of carbonyl (C=O) groups is 1. The Bertz CT molecular complexity index is 981. The molecule has 0 amide bonds. The van der Waals surface area contributed by atoms with Crippen LogP contribution >= 0.6 is 0 Å². The van der Waals surface area contributed by atoms with E-state index in [9.17, 15) is 10.1 Å². The van der Waals surface area contributed by atoms with Gasteiger partial charge in [-0.15, -0.1) is 0 Å². The van der Waals surface area contributed by atoms with Crippen LogP contribution in [0, 0.1) is 68.0 Å². The van der Waals surface area contributed by atoms with Crippen LogP contribution in [0.4, 0.5) is 0 Å². The molecular formula is C31H45NO. The zero-order valence-corrected chi connectivity index (χ0v) is 22.2. The zero-order chi connectivity index (χ0) is 24.2. The van der Waals surface area contributed by atoms with Crippen molar-refractivity contribution in [2.75, 3.05) is 0 Å². The van der Waals surface area contributed by atoms with Gasteiger partial charge in [0, 0.05) is 5.41 Å². The maximum atomic E-state index is 13.2. The van der Waals surface area contributed by atoms with E-state index in [0.717, 1.165) is 18.3 Å². The van der Waals surface area contributed by atoms with Crippen LogP contribution in [0.3, 0.4) is 0 Å². The second-order valence-electron chi connectivity index (χ2n) is 14.4. The molecule has 0 spiro atoms. The minimum absolute atomic E-state index is 0.0691. The van der Waals surface area contributed by atoms with Gasteiger partial charge in [-0.1, -0.05) is 59.8 Å². The number of fused-ring (bicyclic) bond motifs is 7. The standard InChI is InChI=1S/C31H45NO/c1-19(2)21-11-13-28(5)15-16-30(7)22(25(21)28)9-10-24-29(6)17-20(18-32)26(33)27(3,4)23(29)12-14-31(24,30)8/h17,21-25H,1,9-16H2,2-8H3. The molecule has 0 aromatic rings. The van der Waals surface area contributed by atoms with E-state index in [0.29, 0.717) is 34.2 Å². The first kappa shape index (κ1) is 23.4. The van der Waals surface area contributed by atoms with Gasteiger partial charge in [-0.3, -0.25) is 4.79 Å². The summed E-state index contributed by atoms with van der Waals surface area (Å²) in [4.78, 5) is 13.2. The third kappa shape index (κ3) is 2.69. The van der Waals surface area contributed by atoms with E-state index in [1.165, 1.54) is 50.5 Å². The molecule has 5 rings (SSSR count). The maximum Gasteiger partial charge on any atom is 0.178 e. The highest BCUT2D eigenvalue weighted by atomic mass is 16.1.